The zero-order valence-corrected chi connectivity index (χ0v) is 9.63. The molecule has 0 saturated heterocycles. The lowest BCUT2D eigenvalue weighted by Gasteiger charge is -2.14. The summed E-state index contributed by atoms with van der Waals surface area (Å²) in [6.07, 6.45) is 3.13. The van der Waals surface area contributed by atoms with E-state index in [2.05, 4.69) is 15.6 Å². The van der Waals surface area contributed by atoms with Crippen LogP contribution in [0.15, 0.2) is 12.4 Å². The maximum atomic E-state index is 11.4. The van der Waals surface area contributed by atoms with Crippen molar-refractivity contribution in [3.05, 3.63) is 12.4 Å². The van der Waals surface area contributed by atoms with E-state index in [1.807, 2.05) is 13.8 Å². The summed E-state index contributed by atoms with van der Waals surface area (Å²) in [6, 6.07) is 0. The van der Waals surface area contributed by atoms with Crippen LogP contribution in [0.1, 0.15) is 20.3 Å². The zero-order chi connectivity index (χ0) is 12.0. The first-order valence-corrected chi connectivity index (χ1v) is 5.38. The number of aryl methyl sites for hydroxylation is 1. The van der Waals surface area contributed by atoms with E-state index >= 15 is 0 Å². The third kappa shape index (κ3) is 4.39. The second-order valence-corrected chi connectivity index (χ2v) is 4.03. The average Bonchev–Trinajstić information content (AvgIpc) is 2.75. The molecule has 0 aliphatic carbocycles. The number of aliphatic hydroxyl groups excluding tert-OH is 1. The SMILES string of the molecule is CC(C)C(O)CNC(=O)CCn1ccnn1. The van der Waals surface area contributed by atoms with Gasteiger partial charge in [0.2, 0.25) is 5.91 Å². The smallest absolute Gasteiger partial charge is 0.221 e. The van der Waals surface area contributed by atoms with Gasteiger partial charge in [-0.3, -0.25) is 9.48 Å². The first-order valence-electron chi connectivity index (χ1n) is 5.38. The number of rotatable bonds is 6. The third-order valence-corrected chi connectivity index (χ3v) is 2.32. The van der Waals surface area contributed by atoms with Gasteiger partial charge in [-0.15, -0.1) is 5.10 Å². The largest absolute Gasteiger partial charge is 0.391 e. The summed E-state index contributed by atoms with van der Waals surface area (Å²) in [5.74, 6) is 0.0609. The summed E-state index contributed by atoms with van der Waals surface area (Å²) < 4.78 is 1.60. The minimum atomic E-state index is -0.490. The van der Waals surface area contributed by atoms with Crippen LogP contribution < -0.4 is 5.32 Å². The van der Waals surface area contributed by atoms with Crippen LogP contribution >= 0.6 is 0 Å². The monoisotopic (exact) mass is 226 g/mol. The molecule has 0 fully saturated rings. The highest BCUT2D eigenvalue weighted by molar-refractivity contribution is 5.75. The molecule has 1 aromatic rings. The van der Waals surface area contributed by atoms with Gasteiger partial charge in [0, 0.05) is 19.2 Å². The van der Waals surface area contributed by atoms with Crippen LogP contribution in [0.2, 0.25) is 0 Å². The molecule has 0 spiro atoms. The van der Waals surface area contributed by atoms with Gasteiger partial charge in [0.05, 0.1) is 18.8 Å². The van der Waals surface area contributed by atoms with E-state index in [4.69, 9.17) is 0 Å². The maximum Gasteiger partial charge on any atom is 0.221 e. The van der Waals surface area contributed by atoms with Gasteiger partial charge in [-0.1, -0.05) is 19.1 Å². The Kier molecular flexibility index (Phi) is 4.91. The quantitative estimate of drug-likeness (QED) is 0.704. The molecule has 1 heterocycles. The fraction of sp³-hybridized carbons (Fsp3) is 0.700. The molecular weight excluding hydrogens is 208 g/mol. The van der Waals surface area contributed by atoms with Crippen molar-refractivity contribution >= 4 is 5.91 Å². The number of aliphatic hydroxyl groups is 1. The van der Waals surface area contributed by atoms with Gasteiger partial charge in [-0.2, -0.15) is 0 Å². The van der Waals surface area contributed by atoms with Gasteiger partial charge < -0.3 is 10.4 Å². The lowest BCUT2D eigenvalue weighted by molar-refractivity contribution is -0.121. The lowest BCUT2D eigenvalue weighted by atomic mass is 10.1. The minimum absolute atomic E-state index is 0.0878. The molecule has 0 bridgehead atoms. The molecule has 90 valence electrons. The summed E-state index contributed by atoms with van der Waals surface area (Å²) >= 11 is 0. The highest BCUT2D eigenvalue weighted by atomic mass is 16.3. The summed E-state index contributed by atoms with van der Waals surface area (Å²) in [4.78, 5) is 11.4. The Morgan fingerprint density at radius 2 is 2.31 bits per heavy atom. The van der Waals surface area contributed by atoms with Gasteiger partial charge in [0.25, 0.3) is 0 Å². The summed E-state index contributed by atoms with van der Waals surface area (Å²) in [5.41, 5.74) is 0. The average molecular weight is 226 g/mol. The molecule has 0 radical (unpaired) electrons. The molecule has 1 atom stereocenters. The van der Waals surface area contributed by atoms with E-state index in [0.29, 0.717) is 19.5 Å². The van der Waals surface area contributed by atoms with Crippen molar-refractivity contribution in [1.29, 1.82) is 0 Å². The Bertz CT molecular complexity index is 311. The van der Waals surface area contributed by atoms with E-state index in [9.17, 15) is 9.90 Å². The standard InChI is InChI=1S/C10H18N4O2/c1-8(2)9(15)7-11-10(16)3-5-14-6-4-12-13-14/h4,6,8-9,15H,3,5,7H2,1-2H3,(H,11,16). The van der Waals surface area contributed by atoms with Crippen molar-refractivity contribution in [2.45, 2.75) is 32.9 Å². The number of amides is 1. The molecule has 1 amide bonds. The van der Waals surface area contributed by atoms with Gasteiger partial charge in [-0.05, 0) is 5.92 Å². The molecule has 2 N–H and O–H groups in total. The van der Waals surface area contributed by atoms with Crippen LogP contribution in [-0.2, 0) is 11.3 Å². The van der Waals surface area contributed by atoms with Crippen molar-refractivity contribution in [1.82, 2.24) is 20.3 Å². The minimum Gasteiger partial charge on any atom is -0.391 e. The zero-order valence-electron chi connectivity index (χ0n) is 9.63. The van der Waals surface area contributed by atoms with Crippen molar-refractivity contribution in [2.75, 3.05) is 6.54 Å². The van der Waals surface area contributed by atoms with E-state index in [0.717, 1.165) is 0 Å². The molecule has 6 nitrogen and oxygen atoms in total. The Morgan fingerprint density at radius 3 is 2.88 bits per heavy atom. The number of hydrogen-bond acceptors (Lipinski definition) is 4. The topological polar surface area (TPSA) is 80.0 Å². The second-order valence-electron chi connectivity index (χ2n) is 4.03. The normalized spacial score (nSPS) is 12.8. The number of nitrogens with one attached hydrogen (secondary N) is 1. The molecule has 0 aromatic carbocycles. The fourth-order valence-electron chi connectivity index (χ4n) is 1.11. The highest BCUT2D eigenvalue weighted by Gasteiger charge is 2.10. The van der Waals surface area contributed by atoms with E-state index in [1.165, 1.54) is 0 Å². The Hall–Kier alpha value is -1.43. The number of nitrogens with zero attached hydrogens (tertiary/aromatic N) is 3. The molecular formula is C10H18N4O2. The molecule has 1 aromatic heterocycles. The van der Waals surface area contributed by atoms with E-state index in [1.54, 1.807) is 17.1 Å². The first-order chi connectivity index (χ1) is 7.59. The molecule has 6 heteroatoms. The molecule has 0 saturated carbocycles. The maximum absolute atomic E-state index is 11.4. The Labute approximate surface area is 94.7 Å². The van der Waals surface area contributed by atoms with Gasteiger partial charge >= 0.3 is 0 Å². The third-order valence-electron chi connectivity index (χ3n) is 2.32. The van der Waals surface area contributed by atoms with Crippen molar-refractivity contribution in [3.63, 3.8) is 0 Å². The van der Waals surface area contributed by atoms with Gasteiger partial charge in [-0.25, -0.2) is 0 Å². The molecule has 0 aliphatic rings. The number of aromatic nitrogens is 3. The van der Waals surface area contributed by atoms with Crippen LogP contribution in [0.4, 0.5) is 0 Å². The predicted molar refractivity (Wildman–Crippen MR) is 58.5 cm³/mol. The Morgan fingerprint density at radius 1 is 1.56 bits per heavy atom. The van der Waals surface area contributed by atoms with Crippen LogP contribution in [-0.4, -0.2) is 38.7 Å². The predicted octanol–water partition coefficient (Wildman–Crippen LogP) is -0.199. The summed E-state index contributed by atoms with van der Waals surface area (Å²) in [6.45, 7) is 4.62. The van der Waals surface area contributed by atoms with Crippen LogP contribution in [0.3, 0.4) is 0 Å². The lowest BCUT2D eigenvalue weighted by Crippen LogP contribution is -2.35. The van der Waals surface area contributed by atoms with Crippen LogP contribution in [0.5, 0.6) is 0 Å². The van der Waals surface area contributed by atoms with Crippen molar-refractivity contribution in [2.24, 2.45) is 5.92 Å². The van der Waals surface area contributed by atoms with E-state index < -0.39 is 6.10 Å². The number of hydrogen-bond donors (Lipinski definition) is 2. The summed E-state index contributed by atoms with van der Waals surface area (Å²) in [7, 11) is 0. The Balaban J connectivity index is 2.16. The first kappa shape index (κ1) is 12.6. The second kappa shape index (κ2) is 6.22. The highest BCUT2D eigenvalue weighted by Crippen LogP contribution is 1.99. The van der Waals surface area contributed by atoms with Crippen LogP contribution in [0.25, 0.3) is 0 Å². The molecule has 1 rings (SSSR count). The number of carbonyl (C=O) groups excluding carboxylic acids is 1. The van der Waals surface area contributed by atoms with Crippen LogP contribution in [0, 0.1) is 5.92 Å². The van der Waals surface area contributed by atoms with E-state index in [-0.39, 0.29) is 11.8 Å². The summed E-state index contributed by atoms with van der Waals surface area (Å²) in [5, 5.41) is 19.5. The van der Waals surface area contributed by atoms with Gasteiger partial charge in [0.1, 0.15) is 0 Å². The number of carbonyl (C=O) groups is 1. The molecule has 16 heavy (non-hydrogen) atoms. The fourth-order valence-corrected chi connectivity index (χ4v) is 1.11. The van der Waals surface area contributed by atoms with Crippen molar-refractivity contribution < 1.29 is 9.90 Å². The molecule has 1 unspecified atom stereocenters. The van der Waals surface area contributed by atoms with Crippen molar-refractivity contribution in [3.8, 4) is 0 Å². The van der Waals surface area contributed by atoms with Gasteiger partial charge in [0.15, 0.2) is 0 Å². The molecule has 0 aliphatic heterocycles.